The summed E-state index contributed by atoms with van der Waals surface area (Å²) in [6.45, 7) is 2.39. The quantitative estimate of drug-likeness (QED) is 0.622. The molecule has 0 spiro atoms. The van der Waals surface area contributed by atoms with Crippen LogP contribution in [0.1, 0.15) is 32.6 Å². The molecule has 4 atom stereocenters. The second kappa shape index (κ2) is 7.75. The van der Waals surface area contributed by atoms with Crippen LogP contribution >= 0.6 is 11.3 Å². The van der Waals surface area contributed by atoms with Crippen molar-refractivity contribution in [3.8, 4) is 10.4 Å². The van der Waals surface area contributed by atoms with E-state index in [1.54, 1.807) is 17.7 Å². The molecule has 2 saturated carbocycles. The van der Waals surface area contributed by atoms with E-state index in [-0.39, 0.29) is 18.5 Å². The number of hydrogen-bond donors (Lipinski definition) is 2. The summed E-state index contributed by atoms with van der Waals surface area (Å²) in [5.41, 5.74) is 1.17. The lowest BCUT2D eigenvalue weighted by atomic mass is 9.84. The normalized spacial score (nSPS) is 24.0. The lowest BCUT2D eigenvalue weighted by Crippen LogP contribution is -2.42. The first-order valence-corrected chi connectivity index (χ1v) is 11.3. The Morgan fingerprint density at radius 2 is 2.07 bits per heavy atom. The number of carbonyl (C=O) groups is 1. The highest BCUT2D eigenvalue weighted by atomic mass is 32.1. The van der Waals surface area contributed by atoms with Crippen LogP contribution in [0.2, 0.25) is 0 Å². The van der Waals surface area contributed by atoms with Crippen LogP contribution in [0.3, 0.4) is 0 Å². The summed E-state index contributed by atoms with van der Waals surface area (Å²) < 4.78 is 0. The molecule has 6 heteroatoms. The molecule has 2 heterocycles. The number of fused-ring (bicyclic) bond motifs is 3. The first-order valence-electron chi connectivity index (χ1n) is 10.5. The van der Waals surface area contributed by atoms with Gasteiger partial charge in [-0.05, 0) is 55.6 Å². The number of carbonyl (C=O) groups excluding carboxylic acids is 1. The van der Waals surface area contributed by atoms with Gasteiger partial charge < -0.3 is 10.6 Å². The molecule has 2 bridgehead atoms. The zero-order valence-electron chi connectivity index (χ0n) is 16.6. The number of rotatable bonds is 6. The first-order chi connectivity index (χ1) is 14.2. The zero-order chi connectivity index (χ0) is 19.8. The number of amides is 1. The molecule has 2 aliphatic rings. The monoisotopic (exact) mass is 406 g/mol. The molecule has 5 nitrogen and oxygen atoms in total. The number of nitrogens with zero attached hydrogens (tertiary/aromatic N) is 2. The molecule has 2 aliphatic carbocycles. The Labute approximate surface area is 175 Å². The summed E-state index contributed by atoms with van der Waals surface area (Å²) in [4.78, 5) is 23.4. The Kier molecular flexibility index (Phi) is 4.96. The van der Waals surface area contributed by atoms with Gasteiger partial charge in [-0.2, -0.15) is 0 Å². The van der Waals surface area contributed by atoms with Crippen LogP contribution in [0.15, 0.2) is 42.7 Å². The smallest absolute Gasteiger partial charge is 0.239 e. The Hall–Kier alpha value is -2.47. The minimum Gasteiger partial charge on any atom is -0.360 e. The molecular weight excluding hydrogens is 380 g/mol. The van der Waals surface area contributed by atoms with E-state index in [4.69, 9.17) is 0 Å². The van der Waals surface area contributed by atoms with Crippen LogP contribution in [0, 0.1) is 17.8 Å². The van der Waals surface area contributed by atoms with E-state index in [9.17, 15) is 4.79 Å². The van der Waals surface area contributed by atoms with Gasteiger partial charge in [-0.1, -0.05) is 36.8 Å². The number of aromatic nitrogens is 2. The molecule has 1 aromatic carbocycles. The minimum atomic E-state index is 0.0329. The molecule has 150 valence electrons. The molecule has 0 saturated heterocycles. The molecule has 5 rings (SSSR count). The van der Waals surface area contributed by atoms with Crippen molar-refractivity contribution >= 4 is 33.3 Å². The van der Waals surface area contributed by atoms with E-state index in [1.807, 2.05) is 18.2 Å². The summed E-state index contributed by atoms with van der Waals surface area (Å²) in [5.74, 6) is 3.11. The average Bonchev–Trinajstić information content (AvgIpc) is 3.48. The summed E-state index contributed by atoms with van der Waals surface area (Å²) >= 11 is 1.64. The highest BCUT2D eigenvalue weighted by Crippen LogP contribution is 2.49. The Balaban J connectivity index is 1.24. The molecule has 2 fully saturated rings. The van der Waals surface area contributed by atoms with Gasteiger partial charge >= 0.3 is 0 Å². The molecule has 0 aliphatic heterocycles. The van der Waals surface area contributed by atoms with Gasteiger partial charge in [0, 0.05) is 10.9 Å². The molecular formula is C23H26N4OS. The fourth-order valence-corrected chi connectivity index (χ4v) is 6.23. The van der Waals surface area contributed by atoms with E-state index in [0.29, 0.717) is 5.92 Å². The summed E-state index contributed by atoms with van der Waals surface area (Å²) in [6.07, 6.45) is 6.94. The van der Waals surface area contributed by atoms with Gasteiger partial charge in [0.15, 0.2) is 0 Å². The van der Waals surface area contributed by atoms with E-state index in [1.165, 1.54) is 31.2 Å². The third kappa shape index (κ3) is 3.73. The van der Waals surface area contributed by atoms with Gasteiger partial charge in [0.2, 0.25) is 5.91 Å². The predicted molar refractivity (Wildman–Crippen MR) is 118 cm³/mol. The highest BCUT2D eigenvalue weighted by Gasteiger charge is 2.42. The SMILES string of the molecule is CC(NC(=O)CNc1ncnc2sc(-c3ccccc3)cc12)C1CC2CCC1C2. The van der Waals surface area contributed by atoms with Crippen molar-refractivity contribution in [1.82, 2.24) is 15.3 Å². The van der Waals surface area contributed by atoms with E-state index >= 15 is 0 Å². The number of anilines is 1. The van der Waals surface area contributed by atoms with Crippen LogP contribution in [0.4, 0.5) is 5.82 Å². The zero-order valence-corrected chi connectivity index (χ0v) is 17.4. The molecule has 2 aromatic heterocycles. The minimum absolute atomic E-state index is 0.0329. The summed E-state index contributed by atoms with van der Waals surface area (Å²) in [5, 5.41) is 7.40. The van der Waals surface area contributed by atoms with Gasteiger partial charge in [-0.25, -0.2) is 9.97 Å². The fourth-order valence-electron chi connectivity index (χ4n) is 5.22. The van der Waals surface area contributed by atoms with E-state index < -0.39 is 0 Å². The molecule has 4 unspecified atom stereocenters. The largest absolute Gasteiger partial charge is 0.360 e. The van der Waals surface area contributed by atoms with Gasteiger partial charge in [0.1, 0.15) is 17.0 Å². The van der Waals surface area contributed by atoms with Crippen LogP contribution < -0.4 is 10.6 Å². The predicted octanol–water partition coefficient (Wildman–Crippen LogP) is 4.71. The van der Waals surface area contributed by atoms with Crippen LogP contribution in [-0.2, 0) is 4.79 Å². The van der Waals surface area contributed by atoms with Crippen molar-refractivity contribution in [2.24, 2.45) is 17.8 Å². The molecule has 3 aromatic rings. The lowest BCUT2D eigenvalue weighted by Gasteiger charge is -2.28. The second-order valence-electron chi connectivity index (χ2n) is 8.47. The number of thiophene rings is 1. The van der Waals surface area contributed by atoms with Gasteiger partial charge in [-0.15, -0.1) is 11.3 Å². The van der Waals surface area contributed by atoms with Crippen LogP contribution in [-0.4, -0.2) is 28.5 Å². The highest BCUT2D eigenvalue weighted by molar-refractivity contribution is 7.21. The molecule has 29 heavy (non-hydrogen) atoms. The van der Waals surface area contributed by atoms with Crippen LogP contribution in [0.5, 0.6) is 0 Å². The summed E-state index contributed by atoms with van der Waals surface area (Å²) in [7, 11) is 0. The average molecular weight is 407 g/mol. The van der Waals surface area contributed by atoms with Crippen molar-refractivity contribution in [3.63, 3.8) is 0 Å². The first kappa shape index (κ1) is 18.6. The lowest BCUT2D eigenvalue weighted by molar-refractivity contribution is -0.120. The summed E-state index contributed by atoms with van der Waals surface area (Å²) in [6, 6.07) is 12.6. The second-order valence-corrected chi connectivity index (χ2v) is 9.50. The Morgan fingerprint density at radius 3 is 2.83 bits per heavy atom. The maximum atomic E-state index is 12.5. The Bertz CT molecular complexity index is 1020. The third-order valence-electron chi connectivity index (χ3n) is 6.63. The standard InChI is InChI=1S/C23H26N4OS/c1-14(18-10-15-7-8-17(18)9-15)27-21(28)12-24-22-19-11-20(16-5-3-2-4-6-16)29-23(19)26-13-25-22/h2-6,11,13-15,17-18H,7-10,12H2,1H3,(H,27,28)(H,24,25,26). The van der Waals surface area contributed by atoms with Crippen molar-refractivity contribution in [2.45, 2.75) is 38.6 Å². The molecule has 1 amide bonds. The third-order valence-corrected chi connectivity index (χ3v) is 7.72. The van der Waals surface area contributed by atoms with Gasteiger partial charge in [0.05, 0.1) is 11.9 Å². The number of nitrogens with one attached hydrogen (secondary N) is 2. The maximum Gasteiger partial charge on any atom is 0.239 e. The number of benzene rings is 1. The van der Waals surface area contributed by atoms with Crippen LogP contribution in [0.25, 0.3) is 20.7 Å². The van der Waals surface area contributed by atoms with Crippen molar-refractivity contribution in [2.75, 3.05) is 11.9 Å². The van der Waals surface area contributed by atoms with Crippen molar-refractivity contribution in [3.05, 3.63) is 42.7 Å². The topological polar surface area (TPSA) is 66.9 Å². The fraction of sp³-hybridized carbons (Fsp3) is 0.435. The number of hydrogen-bond acceptors (Lipinski definition) is 5. The molecule has 2 N–H and O–H groups in total. The van der Waals surface area contributed by atoms with E-state index in [2.05, 4.69) is 45.7 Å². The van der Waals surface area contributed by atoms with Gasteiger partial charge in [0.25, 0.3) is 0 Å². The van der Waals surface area contributed by atoms with Crippen molar-refractivity contribution < 1.29 is 4.79 Å². The van der Waals surface area contributed by atoms with Gasteiger partial charge in [-0.3, -0.25) is 4.79 Å². The van der Waals surface area contributed by atoms with E-state index in [0.717, 1.165) is 32.7 Å². The maximum absolute atomic E-state index is 12.5. The van der Waals surface area contributed by atoms with Crippen molar-refractivity contribution in [1.29, 1.82) is 0 Å². The molecule has 0 radical (unpaired) electrons. The Morgan fingerprint density at radius 1 is 1.21 bits per heavy atom.